The number of benzene rings is 1. The minimum absolute atomic E-state index is 0.00605. The lowest BCUT2D eigenvalue weighted by Gasteiger charge is -2.19. The second-order valence-electron chi connectivity index (χ2n) is 4.57. The van der Waals surface area contributed by atoms with Crippen LogP contribution in [0.2, 0.25) is 0 Å². The molecule has 0 fully saturated rings. The Morgan fingerprint density at radius 1 is 1.25 bits per heavy atom. The van der Waals surface area contributed by atoms with Gasteiger partial charge < -0.3 is 9.47 Å². The number of ether oxygens (including phenoxy) is 2. The molecule has 0 atom stereocenters. The molecule has 0 aliphatic heterocycles. The first-order valence-electron chi connectivity index (χ1n) is 6.80. The summed E-state index contributed by atoms with van der Waals surface area (Å²) in [5.41, 5.74) is 0.747. The van der Waals surface area contributed by atoms with Crippen molar-refractivity contribution in [3.8, 4) is 0 Å². The number of thiophene rings is 1. The molecule has 2 rings (SSSR count). The number of carbonyl (C=O) groups excluding carboxylic acids is 2. The highest BCUT2D eigenvalue weighted by atomic mass is 32.1. The lowest BCUT2D eigenvalue weighted by molar-refractivity contribution is -0.379. The molecule has 126 valence electrons. The maximum Gasteiger partial charge on any atom is 0.415 e. The first-order valence-corrected chi connectivity index (χ1v) is 7.67. The van der Waals surface area contributed by atoms with E-state index in [0.717, 1.165) is 28.9 Å². The SMILES string of the molecule is COC(=O)CN(C(=O)OCc1ccccc1)c1ccsc1[N+](=O)[O-]. The predicted octanol–water partition coefficient (Wildman–Crippen LogP) is 2.97. The molecule has 0 unspecified atom stereocenters. The van der Waals surface area contributed by atoms with Crippen LogP contribution in [0.3, 0.4) is 0 Å². The summed E-state index contributed by atoms with van der Waals surface area (Å²) in [7, 11) is 1.16. The monoisotopic (exact) mass is 350 g/mol. The van der Waals surface area contributed by atoms with Gasteiger partial charge >= 0.3 is 17.1 Å². The number of nitrogens with zero attached hydrogens (tertiary/aromatic N) is 2. The van der Waals surface area contributed by atoms with Crippen molar-refractivity contribution in [1.82, 2.24) is 0 Å². The summed E-state index contributed by atoms with van der Waals surface area (Å²) in [6.45, 7) is -0.503. The average molecular weight is 350 g/mol. The summed E-state index contributed by atoms with van der Waals surface area (Å²) in [4.78, 5) is 35.2. The molecule has 0 aliphatic rings. The number of rotatable bonds is 6. The van der Waals surface area contributed by atoms with E-state index in [4.69, 9.17) is 4.74 Å². The number of esters is 1. The third kappa shape index (κ3) is 4.29. The number of anilines is 1. The number of carbonyl (C=O) groups is 2. The quantitative estimate of drug-likeness (QED) is 0.451. The van der Waals surface area contributed by atoms with E-state index in [2.05, 4.69) is 4.74 Å². The van der Waals surface area contributed by atoms with Crippen molar-refractivity contribution in [2.24, 2.45) is 0 Å². The van der Waals surface area contributed by atoms with Gasteiger partial charge in [-0.2, -0.15) is 0 Å². The van der Waals surface area contributed by atoms with Crippen molar-refractivity contribution in [3.63, 3.8) is 0 Å². The van der Waals surface area contributed by atoms with Gasteiger partial charge in [-0.1, -0.05) is 41.7 Å². The van der Waals surface area contributed by atoms with Crippen molar-refractivity contribution >= 4 is 34.1 Å². The Hall–Kier alpha value is -2.94. The molecule has 0 bridgehead atoms. The first kappa shape index (κ1) is 17.4. The van der Waals surface area contributed by atoms with Crippen LogP contribution in [0.1, 0.15) is 5.56 Å². The summed E-state index contributed by atoms with van der Waals surface area (Å²) >= 11 is 0.852. The summed E-state index contributed by atoms with van der Waals surface area (Å²) in [6, 6.07) is 10.3. The molecule has 8 nitrogen and oxygen atoms in total. The smallest absolute Gasteiger partial charge is 0.415 e. The molecule has 9 heteroatoms. The zero-order valence-electron chi connectivity index (χ0n) is 12.7. The van der Waals surface area contributed by atoms with E-state index in [1.807, 2.05) is 6.07 Å². The van der Waals surface area contributed by atoms with Crippen LogP contribution in [0.5, 0.6) is 0 Å². The van der Waals surface area contributed by atoms with Gasteiger partial charge in [-0.3, -0.25) is 19.8 Å². The fraction of sp³-hybridized carbons (Fsp3) is 0.200. The van der Waals surface area contributed by atoms with Crippen LogP contribution < -0.4 is 4.90 Å². The molecule has 1 aromatic heterocycles. The Balaban J connectivity index is 2.18. The van der Waals surface area contributed by atoms with Gasteiger partial charge in [-0.25, -0.2) is 4.79 Å². The number of nitro groups is 1. The predicted molar refractivity (Wildman–Crippen MR) is 87.0 cm³/mol. The Morgan fingerprint density at radius 3 is 2.58 bits per heavy atom. The van der Waals surface area contributed by atoms with Gasteiger partial charge in [0.25, 0.3) is 0 Å². The van der Waals surface area contributed by atoms with Crippen molar-refractivity contribution in [1.29, 1.82) is 0 Å². The third-order valence-corrected chi connectivity index (χ3v) is 3.88. The zero-order chi connectivity index (χ0) is 17.5. The number of hydrogen-bond donors (Lipinski definition) is 0. The van der Waals surface area contributed by atoms with E-state index in [1.165, 1.54) is 11.4 Å². The molecule has 0 N–H and O–H groups in total. The first-order chi connectivity index (χ1) is 11.5. The number of amides is 1. The van der Waals surface area contributed by atoms with Gasteiger partial charge in [0.15, 0.2) is 0 Å². The van der Waals surface area contributed by atoms with E-state index >= 15 is 0 Å². The standard InChI is InChI=1S/C15H14N2O6S/c1-22-13(18)9-16(12-7-8-24-14(12)17(20)21)15(19)23-10-11-5-3-2-4-6-11/h2-8H,9-10H2,1H3. The van der Waals surface area contributed by atoms with Crippen LogP contribution in [-0.2, 0) is 20.9 Å². The Labute approximate surface area is 141 Å². The molecular formula is C15H14N2O6S. The molecule has 0 radical (unpaired) electrons. The Kier molecular flexibility index (Phi) is 5.85. The maximum absolute atomic E-state index is 12.3. The maximum atomic E-state index is 12.3. The van der Waals surface area contributed by atoms with Gasteiger partial charge in [-0.15, -0.1) is 0 Å². The largest absolute Gasteiger partial charge is 0.468 e. The number of methoxy groups -OCH3 is 1. The molecule has 1 heterocycles. The van der Waals surface area contributed by atoms with Crippen LogP contribution in [0.4, 0.5) is 15.5 Å². The van der Waals surface area contributed by atoms with Crippen LogP contribution in [0.25, 0.3) is 0 Å². The van der Waals surface area contributed by atoms with Gasteiger partial charge in [0.2, 0.25) is 0 Å². The lowest BCUT2D eigenvalue weighted by atomic mass is 10.2. The van der Waals surface area contributed by atoms with Crippen LogP contribution in [-0.4, -0.2) is 30.6 Å². The highest BCUT2D eigenvalue weighted by Gasteiger charge is 2.29. The van der Waals surface area contributed by atoms with E-state index in [1.54, 1.807) is 24.3 Å². The third-order valence-electron chi connectivity index (χ3n) is 3.02. The van der Waals surface area contributed by atoms with E-state index in [9.17, 15) is 19.7 Å². The highest BCUT2D eigenvalue weighted by molar-refractivity contribution is 7.14. The van der Waals surface area contributed by atoms with Crippen LogP contribution in [0, 0.1) is 10.1 Å². The van der Waals surface area contributed by atoms with E-state index < -0.39 is 23.5 Å². The molecule has 24 heavy (non-hydrogen) atoms. The summed E-state index contributed by atoms with van der Waals surface area (Å²) in [5, 5.41) is 12.3. The fourth-order valence-electron chi connectivity index (χ4n) is 1.88. The van der Waals surface area contributed by atoms with Gasteiger partial charge in [0.1, 0.15) is 18.8 Å². The summed E-state index contributed by atoms with van der Waals surface area (Å²) in [6.07, 6.45) is -0.870. The summed E-state index contributed by atoms with van der Waals surface area (Å²) in [5.74, 6) is -0.716. The minimum atomic E-state index is -0.870. The normalized spacial score (nSPS) is 10.0. The molecule has 0 saturated heterocycles. The molecule has 1 amide bonds. The van der Waals surface area contributed by atoms with Crippen molar-refractivity contribution < 1.29 is 24.0 Å². The van der Waals surface area contributed by atoms with Crippen LogP contribution >= 0.6 is 11.3 Å². The average Bonchev–Trinajstić information content (AvgIpc) is 3.07. The Morgan fingerprint density at radius 2 is 1.96 bits per heavy atom. The van der Waals surface area contributed by atoms with Crippen LogP contribution in [0.15, 0.2) is 41.8 Å². The van der Waals surface area contributed by atoms with E-state index in [-0.39, 0.29) is 17.3 Å². The second kappa shape index (κ2) is 8.06. The molecule has 2 aromatic rings. The number of hydrogen-bond acceptors (Lipinski definition) is 7. The molecule has 0 aliphatic carbocycles. The Bertz CT molecular complexity index is 731. The fourth-order valence-corrected chi connectivity index (χ4v) is 2.59. The van der Waals surface area contributed by atoms with Crippen molar-refractivity contribution in [2.45, 2.75) is 6.61 Å². The minimum Gasteiger partial charge on any atom is -0.468 e. The van der Waals surface area contributed by atoms with Crippen molar-refractivity contribution in [3.05, 3.63) is 57.5 Å². The zero-order valence-corrected chi connectivity index (χ0v) is 13.5. The van der Waals surface area contributed by atoms with E-state index in [0.29, 0.717) is 0 Å². The molecule has 0 spiro atoms. The van der Waals surface area contributed by atoms with Gasteiger partial charge in [0, 0.05) is 0 Å². The van der Waals surface area contributed by atoms with Gasteiger partial charge in [0.05, 0.1) is 12.0 Å². The van der Waals surface area contributed by atoms with Gasteiger partial charge in [-0.05, 0) is 17.0 Å². The molecular weight excluding hydrogens is 336 g/mol. The highest BCUT2D eigenvalue weighted by Crippen LogP contribution is 2.34. The van der Waals surface area contributed by atoms with Crippen molar-refractivity contribution in [2.75, 3.05) is 18.6 Å². The molecule has 1 aromatic carbocycles. The second-order valence-corrected chi connectivity index (χ2v) is 5.47. The topological polar surface area (TPSA) is 99.0 Å². The summed E-state index contributed by atoms with van der Waals surface area (Å²) < 4.78 is 9.69. The lowest BCUT2D eigenvalue weighted by Crippen LogP contribution is -2.36. The molecule has 0 saturated carbocycles.